The molecule has 3 aromatic rings. The molecule has 0 radical (unpaired) electrons. The van der Waals surface area contributed by atoms with Crippen LogP contribution in [0, 0.1) is 0 Å². The van der Waals surface area contributed by atoms with Gasteiger partial charge in [0.25, 0.3) is 0 Å². The Morgan fingerprint density at radius 2 is 1.80 bits per heavy atom. The third-order valence-corrected chi connectivity index (χ3v) is 5.71. The molecule has 0 bridgehead atoms. The molecule has 1 atom stereocenters. The number of aryl methyl sites for hydroxylation is 1. The Kier molecular flexibility index (Phi) is 6.40. The molecule has 0 saturated heterocycles. The second kappa shape index (κ2) is 9.55. The van der Waals surface area contributed by atoms with Gasteiger partial charge >= 0.3 is 6.03 Å². The molecule has 4 rings (SSSR count). The number of urea groups is 1. The van der Waals surface area contributed by atoms with Crippen LogP contribution < -0.4 is 10.3 Å². The molecule has 5 nitrogen and oxygen atoms in total. The van der Waals surface area contributed by atoms with Gasteiger partial charge in [-0.25, -0.2) is 9.80 Å². The maximum Gasteiger partial charge on any atom is 0.341 e. The summed E-state index contributed by atoms with van der Waals surface area (Å²) in [5, 5.41) is 1.89. The van der Waals surface area contributed by atoms with Crippen molar-refractivity contribution < 1.29 is 4.79 Å². The number of nitrogens with one attached hydrogen (secondary N) is 1. The van der Waals surface area contributed by atoms with Gasteiger partial charge in [0.1, 0.15) is 0 Å². The predicted molar refractivity (Wildman–Crippen MR) is 121 cm³/mol. The minimum absolute atomic E-state index is 0.194. The molecule has 2 aromatic carbocycles. The summed E-state index contributed by atoms with van der Waals surface area (Å²) in [4.78, 5) is 19.0. The number of anilines is 2. The molecule has 1 N–H and O–H groups in total. The minimum atomic E-state index is -0.194. The lowest BCUT2D eigenvalue weighted by atomic mass is 9.81. The Morgan fingerprint density at radius 1 is 1.03 bits per heavy atom. The summed E-state index contributed by atoms with van der Waals surface area (Å²) in [5.41, 5.74) is 7.52. The number of hydrogen-bond donors (Lipinski definition) is 1. The third-order valence-electron chi connectivity index (χ3n) is 5.71. The van der Waals surface area contributed by atoms with Gasteiger partial charge in [0, 0.05) is 19.8 Å². The molecule has 0 saturated carbocycles. The number of hydrazine groups is 1. The van der Waals surface area contributed by atoms with Crippen molar-refractivity contribution in [1.29, 1.82) is 0 Å². The lowest BCUT2D eigenvalue weighted by Gasteiger charge is -2.29. The molecule has 1 unspecified atom stereocenters. The van der Waals surface area contributed by atoms with Crippen LogP contribution in [0.25, 0.3) is 0 Å². The number of carbonyl (C=O) groups excluding carboxylic acids is 1. The van der Waals surface area contributed by atoms with Crippen LogP contribution in [-0.4, -0.2) is 29.6 Å². The summed E-state index contributed by atoms with van der Waals surface area (Å²) < 4.78 is 0. The van der Waals surface area contributed by atoms with Crippen molar-refractivity contribution in [2.45, 2.75) is 31.6 Å². The first-order valence-corrected chi connectivity index (χ1v) is 10.6. The van der Waals surface area contributed by atoms with Gasteiger partial charge in [-0.05, 0) is 67.0 Å². The van der Waals surface area contributed by atoms with E-state index in [2.05, 4.69) is 34.7 Å². The van der Waals surface area contributed by atoms with E-state index in [1.807, 2.05) is 54.5 Å². The van der Waals surface area contributed by atoms with E-state index in [0.717, 1.165) is 24.3 Å². The van der Waals surface area contributed by atoms with Crippen LogP contribution in [0.4, 0.5) is 16.2 Å². The number of para-hydroxylation sites is 1. The number of pyridine rings is 1. The highest BCUT2D eigenvalue weighted by molar-refractivity contribution is 5.98. The van der Waals surface area contributed by atoms with E-state index in [1.54, 1.807) is 17.3 Å². The first-order chi connectivity index (χ1) is 14.7. The van der Waals surface area contributed by atoms with Crippen LogP contribution in [0.3, 0.4) is 0 Å². The first kappa shape index (κ1) is 20.1. The average Bonchev–Trinajstić information content (AvgIpc) is 2.79. The number of rotatable bonds is 6. The fraction of sp³-hybridized carbons (Fsp3) is 0.280. The zero-order valence-corrected chi connectivity index (χ0v) is 17.4. The third kappa shape index (κ3) is 4.69. The van der Waals surface area contributed by atoms with Gasteiger partial charge in [0.15, 0.2) is 0 Å². The smallest absolute Gasteiger partial charge is 0.270 e. The molecule has 1 aliphatic carbocycles. The number of fused-ring (bicyclic) bond motifs is 1. The molecule has 30 heavy (non-hydrogen) atoms. The number of carbonyl (C=O) groups is 1. The number of amides is 2. The van der Waals surface area contributed by atoms with Crippen molar-refractivity contribution in [1.82, 2.24) is 15.4 Å². The number of benzene rings is 2. The van der Waals surface area contributed by atoms with Gasteiger partial charge in [0.05, 0.1) is 17.6 Å². The highest BCUT2D eigenvalue weighted by Gasteiger charge is 2.22. The van der Waals surface area contributed by atoms with E-state index in [4.69, 9.17) is 0 Å². The van der Waals surface area contributed by atoms with Crippen LogP contribution in [-0.2, 0) is 6.42 Å². The van der Waals surface area contributed by atoms with Crippen LogP contribution in [0.2, 0.25) is 0 Å². The summed E-state index contributed by atoms with van der Waals surface area (Å²) in [7, 11) is 1.93. The summed E-state index contributed by atoms with van der Waals surface area (Å²) >= 11 is 0. The quantitative estimate of drug-likeness (QED) is 0.572. The van der Waals surface area contributed by atoms with Crippen LogP contribution in [0.15, 0.2) is 79.1 Å². The molecule has 1 aliphatic rings. The van der Waals surface area contributed by atoms with Gasteiger partial charge in [0.2, 0.25) is 0 Å². The lowest BCUT2D eigenvalue weighted by Crippen LogP contribution is -2.46. The Balaban J connectivity index is 1.42. The summed E-state index contributed by atoms with van der Waals surface area (Å²) in [6.07, 6.45) is 8.05. The van der Waals surface area contributed by atoms with Crippen LogP contribution in [0.5, 0.6) is 0 Å². The zero-order valence-electron chi connectivity index (χ0n) is 17.4. The predicted octanol–water partition coefficient (Wildman–Crippen LogP) is 5.29. The standard InChI is InChI=1S/C25H28N4O/c1-28(18-16-21-11-7-10-20-9-5-6-15-24(20)21)27-25(30)29(22-12-3-2-4-13-22)23-14-8-17-26-19-23/h2-6,8-9,12-15,17,19,21H,7,10-11,16,18H2,1H3,(H,27,30). The zero-order chi connectivity index (χ0) is 20.8. The first-order valence-electron chi connectivity index (χ1n) is 10.6. The molecule has 0 spiro atoms. The van der Waals surface area contributed by atoms with Crippen molar-refractivity contribution in [3.8, 4) is 0 Å². The molecule has 2 amide bonds. The normalized spacial score (nSPS) is 15.5. The molecule has 0 fully saturated rings. The van der Waals surface area contributed by atoms with Gasteiger partial charge < -0.3 is 0 Å². The van der Waals surface area contributed by atoms with Gasteiger partial charge in [-0.1, -0.05) is 42.5 Å². The van der Waals surface area contributed by atoms with E-state index >= 15 is 0 Å². The SMILES string of the molecule is CN(CCC1CCCc2ccccc21)NC(=O)N(c1ccccc1)c1cccnc1. The summed E-state index contributed by atoms with van der Waals surface area (Å²) in [6.45, 7) is 0.792. The molecule has 5 heteroatoms. The minimum Gasteiger partial charge on any atom is -0.270 e. The maximum absolute atomic E-state index is 13.1. The van der Waals surface area contributed by atoms with E-state index in [9.17, 15) is 4.79 Å². The molecule has 1 aromatic heterocycles. The monoisotopic (exact) mass is 400 g/mol. The van der Waals surface area contributed by atoms with Crippen molar-refractivity contribution in [3.05, 3.63) is 90.3 Å². The van der Waals surface area contributed by atoms with Crippen molar-refractivity contribution in [3.63, 3.8) is 0 Å². The van der Waals surface area contributed by atoms with Gasteiger partial charge in [-0.2, -0.15) is 0 Å². The Morgan fingerprint density at radius 3 is 2.60 bits per heavy atom. The highest BCUT2D eigenvalue weighted by Crippen LogP contribution is 2.33. The second-order valence-corrected chi connectivity index (χ2v) is 7.80. The molecular weight excluding hydrogens is 372 g/mol. The molecule has 0 aliphatic heterocycles. The highest BCUT2D eigenvalue weighted by atomic mass is 16.2. The fourth-order valence-corrected chi connectivity index (χ4v) is 4.22. The Bertz CT molecular complexity index is 922. The Labute approximate surface area is 178 Å². The molecular formula is C25H28N4O. The van der Waals surface area contributed by atoms with Crippen molar-refractivity contribution >= 4 is 17.4 Å². The number of aromatic nitrogens is 1. The topological polar surface area (TPSA) is 48.5 Å². The molecule has 154 valence electrons. The summed E-state index contributed by atoms with van der Waals surface area (Å²) in [6, 6.07) is 21.9. The van der Waals surface area contributed by atoms with Gasteiger partial charge in [-0.3, -0.25) is 15.3 Å². The molecule has 1 heterocycles. The number of nitrogens with zero attached hydrogens (tertiary/aromatic N) is 3. The van der Waals surface area contributed by atoms with E-state index < -0.39 is 0 Å². The largest absolute Gasteiger partial charge is 0.341 e. The van der Waals surface area contributed by atoms with Crippen molar-refractivity contribution in [2.24, 2.45) is 0 Å². The fourth-order valence-electron chi connectivity index (χ4n) is 4.22. The second-order valence-electron chi connectivity index (χ2n) is 7.80. The van der Waals surface area contributed by atoms with E-state index in [-0.39, 0.29) is 6.03 Å². The van der Waals surface area contributed by atoms with E-state index in [0.29, 0.717) is 5.92 Å². The van der Waals surface area contributed by atoms with Crippen molar-refractivity contribution in [2.75, 3.05) is 18.5 Å². The van der Waals surface area contributed by atoms with Crippen LogP contribution in [0.1, 0.15) is 36.3 Å². The maximum atomic E-state index is 13.1. The van der Waals surface area contributed by atoms with Gasteiger partial charge in [-0.15, -0.1) is 0 Å². The van der Waals surface area contributed by atoms with E-state index in [1.165, 1.54) is 30.4 Å². The Hall–Kier alpha value is -3.18. The lowest BCUT2D eigenvalue weighted by molar-refractivity contribution is 0.201. The average molecular weight is 401 g/mol. The number of hydrogen-bond acceptors (Lipinski definition) is 3. The summed E-state index contributed by atoms with van der Waals surface area (Å²) in [5.74, 6) is 0.554. The van der Waals surface area contributed by atoms with Crippen LogP contribution >= 0.6 is 0 Å².